The Labute approximate surface area is 150 Å². The van der Waals surface area contributed by atoms with Gasteiger partial charge in [-0.1, -0.05) is 37.3 Å². The summed E-state index contributed by atoms with van der Waals surface area (Å²) in [5.74, 6) is 0.399. The number of carbonyl (C=O) groups is 1. The summed E-state index contributed by atoms with van der Waals surface area (Å²) in [6.07, 6.45) is 3.77. The molecule has 2 aromatic rings. The third kappa shape index (κ3) is 3.41. The lowest BCUT2D eigenvalue weighted by Gasteiger charge is -2.25. The number of likely N-dealkylation sites (tertiary alicyclic amines) is 1. The first-order valence-electron chi connectivity index (χ1n) is 9.19. The van der Waals surface area contributed by atoms with Gasteiger partial charge in [-0.2, -0.15) is 5.10 Å². The number of carbonyl (C=O) groups excluding carboxylic acids is 1. The molecule has 2 amide bonds. The summed E-state index contributed by atoms with van der Waals surface area (Å²) >= 11 is 0. The van der Waals surface area contributed by atoms with E-state index in [9.17, 15) is 4.79 Å². The van der Waals surface area contributed by atoms with Crippen molar-refractivity contribution in [1.82, 2.24) is 14.7 Å². The summed E-state index contributed by atoms with van der Waals surface area (Å²) in [5, 5.41) is 7.49. The highest BCUT2D eigenvalue weighted by molar-refractivity contribution is 5.90. The van der Waals surface area contributed by atoms with E-state index < -0.39 is 0 Å². The van der Waals surface area contributed by atoms with Gasteiger partial charge in [0.2, 0.25) is 0 Å². The van der Waals surface area contributed by atoms with Crippen LogP contribution in [-0.4, -0.2) is 33.3 Å². The van der Waals surface area contributed by atoms with E-state index >= 15 is 0 Å². The third-order valence-electron chi connectivity index (χ3n) is 5.54. The molecule has 1 aromatic carbocycles. The first kappa shape index (κ1) is 17.5. The van der Waals surface area contributed by atoms with Gasteiger partial charge in [-0.05, 0) is 39.2 Å². The molecule has 1 fully saturated rings. The average Bonchev–Trinajstić information content (AvgIpc) is 3.18. The highest BCUT2D eigenvalue weighted by Crippen LogP contribution is 2.33. The lowest BCUT2D eigenvalue weighted by Crippen LogP contribution is -2.38. The fraction of sp³-hybridized carbons (Fsp3) is 0.500. The van der Waals surface area contributed by atoms with Crippen LogP contribution in [0.1, 0.15) is 56.8 Å². The molecule has 1 saturated heterocycles. The van der Waals surface area contributed by atoms with E-state index in [0.29, 0.717) is 12.0 Å². The predicted octanol–water partition coefficient (Wildman–Crippen LogP) is 4.57. The molecule has 3 atom stereocenters. The molecule has 0 aliphatic carbocycles. The highest BCUT2D eigenvalue weighted by atomic mass is 16.2. The van der Waals surface area contributed by atoms with E-state index in [0.717, 1.165) is 30.8 Å². The zero-order valence-electron chi connectivity index (χ0n) is 15.6. The Bertz CT molecular complexity index is 725. The quantitative estimate of drug-likeness (QED) is 0.886. The van der Waals surface area contributed by atoms with E-state index in [1.165, 1.54) is 5.56 Å². The minimum atomic E-state index is -0.0299. The van der Waals surface area contributed by atoms with Crippen molar-refractivity contribution in [3.8, 4) is 0 Å². The van der Waals surface area contributed by atoms with Crippen LogP contribution < -0.4 is 5.32 Å². The molecule has 134 valence electrons. The number of aromatic nitrogens is 2. The molecule has 0 bridgehead atoms. The SMILES string of the molecule is CCC(C)n1ncc(NC(=O)N2CCC(c3ccccc3)C2C)c1C. The zero-order valence-corrected chi connectivity index (χ0v) is 15.6. The fourth-order valence-electron chi connectivity index (χ4n) is 3.72. The molecule has 0 saturated carbocycles. The second-order valence-corrected chi connectivity index (χ2v) is 7.02. The number of rotatable bonds is 4. The minimum absolute atomic E-state index is 0.0299. The standard InChI is InChI=1S/C20H28N4O/c1-5-14(2)24-16(4)19(13-21-24)22-20(25)23-12-11-18(15(23)3)17-9-7-6-8-10-17/h6-10,13-15,18H,5,11-12H2,1-4H3,(H,22,25). The average molecular weight is 340 g/mol. The monoisotopic (exact) mass is 340 g/mol. The Morgan fingerprint density at radius 1 is 1.36 bits per heavy atom. The topological polar surface area (TPSA) is 50.2 Å². The van der Waals surface area contributed by atoms with Gasteiger partial charge >= 0.3 is 6.03 Å². The van der Waals surface area contributed by atoms with Crippen molar-refractivity contribution in [2.45, 2.75) is 58.5 Å². The molecule has 1 aromatic heterocycles. The maximum atomic E-state index is 12.8. The van der Waals surface area contributed by atoms with Crippen molar-refractivity contribution in [2.75, 3.05) is 11.9 Å². The maximum absolute atomic E-state index is 12.8. The van der Waals surface area contributed by atoms with Gasteiger partial charge in [-0.15, -0.1) is 0 Å². The Balaban J connectivity index is 1.69. The first-order chi connectivity index (χ1) is 12.0. The molecule has 5 heteroatoms. The second kappa shape index (κ2) is 7.30. The molecular weight excluding hydrogens is 312 g/mol. The van der Waals surface area contributed by atoms with Crippen LogP contribution in [-0.2, 0) is 0 Å². The fourth-order valence-corrected chi connectivity index (χ4v) is 3.72. The van der Waals surface area contributed by atoms with E-state index in [4.69, 9.17) is 0 Å². The van der Waals surface area contributed by atoms with Crippen molar-refractivity contribution < 1.29 is 4.79 Å². The zero-order chi connectivity index (χ0) is 18.0. The third-order valence-corrected chi connectivity index (χ3v) is 5.54. The summed E-state index contributed by atoms with van der Waals surface area (Å²) in [5.41, 5.74) is 3.13. The summed E-state index contributed by atoms with van der Waals surface area (Å²) in [6, 6.07) is 11.0. The molecule has 0 radical (unpaired) electrons. The van der Waals surface area contributed by atoms with Crippen molar-refractivity contribution in [2.24, 2.45) is 0 Å². The summed E-state index contributed by atoms with van der Waals surface area (Å²) < 4.78 is 1.98. The Morgan fingerprint density at radius 3 is 2.76 bits per heavy atom. The Morgan fingerprint density at radius 2 is 2.08 bits per heavy atom. The van der Waals surface area contributed by atoms with Crippen molar-refractivity contribution in [1.29, 1.82) is 0 Å². The second-order valence-electron chi connectivity index (χ2n) is 7.02. The number of urea groups is 1. The summed E-state index contributed by atoms with van der Waals surface area (Å²) in [6.45, 7) is 9.21. The van der Waals surface area contributed by atoms with Crippen LogP contribution in [0.2, 0.25) is 0 Å². The number of anilines is 1. The van der Waals surface area contributed by atoms with Gasteiger partial charge in [0.05, 0.1) is 17.6 Å². The van der Waals surface area contributed by atoms with Crippen molar-refractivity contribution in [3.05, 3.63) is 47.8 Å². The molecule has 3 rings (SSSR count). The van der Waals surface area contributed by atoms with Crippen LogP contribution >= 0.6 is 0 Å². The van der Waals surface area contributed by atoms with Crippen LogP contribution in [0.4, 0.5) is 10.5 Å². The normalized spacial score (nSPS) is 21.4. The molecule has 5 nitrogen and oxygen atoms in total. The summed E-state index contributed by atoms with van der Waals surface area (Å²) in [4.78, 5) is 14.7. The van der Waals surface area contributed by atoms with Gasteiger partial charge in [0.15, 0.2) is 0 Å². The largest absolute Gasteiger partial charge is 0.322 e. The number of nitrogens with one attached hydrogen (secondary N) is 1. The number of hydrogen-bond acceptors (Lipinski definition) is 2. The Hall–Kier alpha value is -2.30. The van der Waals surface area contributed by atoms with Crippen LogP contribution in [0.15, 0.2) is 36.5 Å². The van der Waals surface area contributed by atoms with Crippen molar-refractivity contribution >= 4 is 11.7 Å². The number of hydrogen-bond donors (Lipinski definition) is 1. The minimum Gasteiger partial charge on any atom is -0.321 e. The molecule has 2 heterocycles. The lowest BCUT2D eigenvalue weighted by molar-refractivity contribution is 0.208. The smallest absolute Gasteiger partial charge is 0.321 e. The van der Waals surface area contributed by atoms with Crippen LogP contribution in [0.5, 0.6) is 0 Å². The Kier molecular flexibility index (Phi) is 5.11. The van der Waals surface area contributed by atoms with Gasteiger partial charge < -0.3 is 10.2 Å². The molecule has 0 spiro atoms. The van der Waals surface area contributed by atoms with Crippen LogP contribution in [0, 0.1) is 6.92 Å². The molecular formula is C20H28N4O. The van der Waals surface area contributed by atoms with Gasteiger partial charge in [-0.25, -0.2) is 4.79 Å². The lowest BCUT2D eigenvalue weighted by atomic mass is 9.93. The molecule has 1 aliphatic rings. The molecule has 25 heavy (non-hydrogen) atoms. The van der Waals surface area contributed by atoms with Crippen LogP contribution in [0.3, 0.4) is 0 Å². The number of amides is 2. The van der Waals surface area contributed by atoms with Crippen LogP contribution in [0.25, 0.3) is 0 Å². The van der Waals surface area contributed by atoms with Gasteiger partial charge in [0, 0.05) is 24.5 Å². The van der Waals surface area contributed by atoms with E-state index in [1.54, 1.807) is 6.20 Å². The molecule has 1 N–H and O–H groups in total. The molecule has 1 aliphatic heterocycles. The van der Waals surface area contributed by atoms with E-state index in [2.05, 4.69) is 55.5 Å². The first-order valence-corrected chi connectivity index (χ1v) is 9.19. The maximum Gasteiger partial charge on any atom is 0.322 e. The van der Waals surface area contributed by atoms with Crippen molar-refractivity contribution in [3.63, 3.8) is 0 Å². The van der Waals surface area contributed by atoms with E-state index in [1.807, 2.05) is 22.6 Å². The van der Waals surface area contributed by atoms with E-state index in [-0.39, 0.29) is 12.1 Å². The number of benzene rings is 1. The summed E-state index contributed by atoms with van der Waals surface area (Å²) in [7, 11) is 0. The van der Waals surface area contributed by atoms with Gasteiger partial charge in [0.25, 0.3) is 0 Å². The molecule has 3 unspecified atom stereocenters. The van der Waals surface area contributed by atoms with Gasteiger partial charge in [0.1, 0.15) is 0 Å². The van der Waals surface area contributed by atoms with Gasteiger partial charge in [-0.3, -0.25) is 4.68 Å². The predicted molar refractivity (Wildman–Crippen MR) is 101 cm³/mol. The number of nitrogens with zero attached hydrogens (tertiary/aromatic N) is 3. The highest BCUT2D eigenvalue weighted by Gasteiger charge is 2.34.